The standard InChI is InChI=1S/C13H9Cl2F3N4/c1-2-10-7(5-19)12(20)22(21-10)11-8(14)3-6(4-9(11)15)13(16,17)18/h3-4H,2,20H2,1H3. The summed E-state index contributed by atoms with van der Waals surface area (Å²) < 4.78 is 39.3. The maximum atomic E-state index is 12.7. The fourth-order valence-electron chi connectivity index (χ4n) is 1.95. The number of halogens is 5. The average molecular weight is 349 g/mol. The number of nitrogens with two attached hydrogens (primary N) is 1. The number of aromatic nitrogens is 2. The number of nitrogens with zero attached hydrogens (tertiary/aromatic N) is 3. The predicted molar refractivity (Wildman–Crippen MR) is 77.1 cm³/mol. The van der Waals surface area contributed by atoms with E-state index in [1.807, 2.05) is 6.07 Å². The number of nitrogen functional groups attached to an aromatic ring is 1. The van der Waals surface area contributed by atoms with E-state index in [0.717, 1.165) is 16.8 Å². The Morgan fingerprint density at radius 3 is 2.23 bits per heavy atom. The smallest absolute Gasteiger partial charge is 0.382 e. The van der Waals surface area contributed by atoms with Crippen molar-refractivity contribution in [1.82, 2.24) is 9.78 Å². The Bertz CT molecular complexity index is 752. The molecule has 0 unspecified atom stereocenters. The van der Waals surface area contributed by atoms with Crippen LogP contribution in [0.2, 0.25) is 10.0 Å². The first-order valence-corrected chi connectivity index (χ1v) is 6.80. The highest BCUT2D eigenvalue weighted by Gasteiger charge is 2.32. The summed E-state index contributed by atoms with van der Waals surface area (Å²) in [5, 5.41) is 12.7. The number of rotatable bonds is 2. The Balaban J connectivity index is 2.70. The number of alkyl halides is 3. The summed E-state index contributed by atoms with van der Waals surface area (Å²) in [5.74, 6) is -0.0251. The van der Waals surface area contributed by atoms with Crippen molar-refractivity contribution in [3.05, 3.63) is 39.0 Å². The van der Waals surface area contributed by atoms with Crippen LogP contribution in [0.4, 0.5) is 19.0 Å². The highest BCUT2D eigenvalue weighted by atomic mass is 35.5. The Morgan fingerprint density at radius 1 is 1.32 bits per heavy atom. The lowest BCUT2D eigenvalue weighted by Crippen LogP contribution is -2.08. The summed E-state index contributed by atoms with van der Waals surface area (Å²) in [5.41, 5.74) is 5.41. The molecule has 0 radical (unpaired) electrons. The van der Waals surface area contributed by atoms with Gasteiger partial charge in [0.05, 0.1) is 21.3 Å². The topological polar surface area (TPSA) is 67.6 Å². The molecule has 0 spiro atoms. The molecule has 0 atom stereocenters. The zero-order valence-corrected chi connectivity index (χ0v) is 12.7. The van der Waals surface area contributed by atoms with E-state index < -0.39 is 11.7 Å². The number of aryl methyl sites for hydroxylation is 1. The lowest BCUT2D eigenvalue weighted by molar-refractivity contribution is -0.137. The lowest BCUT2D eigenvalue weighted by atomic mass is 10.2. The molecule has 116 valence electrons. The molecule has 4 nitrogen and oxygen atoms in total. The normalized spacial score (nSPS) is 11.5. The Morgan fingerprint density at radius 2 is 1.86 bits per heavy atom. The highest BCUT2D eigenvalue weighted by molar-refractivity contribution is 6.38. The minimum absolute atomic E-state index is 0.00466. The van der Waals surface area contributed by atoms with Crippen molar-refractivity contribution >= 4 is 29.0 Å². The van der Waals surface area contributed by atoms with Gasteiger partial charge in [-0.05, 0) is 18.6 Å². The maximum Gasteiger partial charge on any atom is 0.416 e. The highest BCUT2D eigenvalue weighted by Crippen LogP contribution is 2.38. The third-order valence-corrected chi connectivity index (χ3v) is 3.57. The van der Waals surface area contributed by atoms with Crippen molar-refractivity contribution in [3.63, 3.8) is 0 Å². The Hall–Kier alpha value is -1.91. The number of hydrogen-bond donors (Lipinski definition) is 1. The van der Waals surface area contributed by atoms with Gasteiger partial charge in [-0.2, -0.15) is 23.5 Å². The van der Waals surface area contributed by atoms with E-state index in [-0.39, 0.29) is 27.1 Å². The fraction of sp³-hybridized carbons (Fsp3) is 0.231. The van der Waals surface area contributed by atoms with E-state index in [2.05, 4.69) is 5.10 Å². The Labute approximate surface area is 133 Å². The van der Waals surface area contributed by atoms with Crippen LogP contribution >= 0.6 is 23.2 Å². The van der Waals surface area contributed by atoms with Gasteiger partial charge in [0.25, 0.3) is 0 Å². The van der Waals surface area contributed by atoms with E-state index in [4.69, 9.17) is 34.2 Å². The van der Waals surface area contributed by atoms with E-state index in [1.165, 1.54) is 0 Å². The molecule has 1 heterocycles. The van der Waals surface area contributed by atoms with Crippen LogP contribution in [0.3, 0.4) is 0 Å². The quantitative estimate of drug-likeness (QED) is 0.883. The number of benzene rings is 1. The third-order valence-electron chi connectivity index (χ3n) is 3.00. The molecule has 0 amide bonds. The SMILES string of the molecule is CCc1nn(-c2c(Cl)cc(C(F)(F)F)cc2Cl)c(N)c1C#N. The van der Waals surface area contributed by atoms with E-state index in [0.29, 0.717) is 12.1 Å². The molecule has 22 heavy (non-hydrogen) atoms. The monoisotopic (exact) mass is 348 g/mol. The zero-order valence-electron chi connectivity index (χ0n) is 11.2. The van der Waals surface area contributed by atoms with Crippen LogP contribution < -0.4 is 5.73 Å². The molecule has 0 aliphatic heterocycles. The van der Waals surface area contributed by atoms with Gasteiger partial charge in [-0.1, -0.05) is 30.1 Å². The second-order valence-electron chi connectivity index (χ2n) is 4.37. The van der Waals surface area contributed by atoms with Crippen LogP contribution in [0.5, 0.6) is 0 Å². The van der Waals surface area contributed by atoms with Gasteiger partial charge in [-0.3, -0.25) is 0 Å². The molecule has 0 fully saturated rings. The second-order valence-corrected chi connectivity index (χ2v) is 5.18. The molecule has 1 aromatic carbocycles. The number of nitriles is 1. The summed E-state index contributed by atoms with van der Waals surface area (Å²) in [4.78, 5) is 0. The summed E-state index contributed by atoms with van der Waals surface area (Å²) >= 11 is 11.8. The number of anilines is 1. The third kappa shape index (κ3) is 2.72. The fourth-order valence-corrected chi connectivity index (χ4v) is 2.60. The molecule has 0 bridgehead atoms. The zero-order chi connectivity index (χ0) is 16.7. The second kappa shape index (κ2) is 5.71. The molecule has 2 rings (SSSR count). The van der Waals surface area contributed by atoms with E-state index in [1.54, 1.807) is 6.92 Å². The molecule has 2 aromatic rings. The van der Waals surface area contributed by atoms with Crippen molar-refractivity contribution in [2.75, 3.05) is 5.73 Å². The van der Waals surface area contributed by atoms with Crippen molar-refractivity contribution in [1.29, 1.82) is 5.26 Å². The molecule has 9 heteroatoms. The first-order valence-electron chi connectivity index (χ1n) is 6.04. The van der Waals surface area contributed by atoms with Gasteiger partial charge in [0.1, 0.15) is 23.1 Å². The van der Waals surface area contributed by atoms with Gasteiger partial charge < -0.3 is 5.73 Å². The van der Waals surface area contributed by atoms with E-state index >= 15 is 0 Å². The first-order chi connectivity index (χ1) is 10.2. The van der Waals surface area contributed by atoms with Crippen LogP contribution in [0.25, 0.3) is 5.69 Å². The van der Waals surface area contributed by atoms with Crippen LogP contribution in [-0.2, 0) is 12.6 Å². The van der Waals surface area contributed by atoms with Gasteiger partial charge in [0.2, 0.25) is 0 Å². The van der Waals surface area contributed by atoms with Crippen molar-refractivity contribution < 1.29 is 13.2 Å². The van der Waals surface area contributed by atoms with Crippen LogP contribution in [0.15, 0.2) is 12.1 Å². The van der Waals surface area contributed by atoms with Crippen LogP contribution in [0, 0.1) is 11.3 Å². The van der Waals surface area contributed by atoms with Gasteiger partial charge >= 0.3 is 6.18 Å². The van der Waals surface area contributed by atoms with Crippen molar-refractivity contribution in [2.45, 2.75) is 19.5 Å². The predicted octanol–water partition coefficient (Wildman–Crippen LogP) is 4.21. The molecule has 2 N–H and O–H groups in total. The molecule has 0 aliphatic rings. The molecule has 0 aliphatic carbocycles. The van der Waals surface area contributed by atoms with Crippen LogP contribution in [0.1, 0.15) is 23.7 Å². The molecule has 0 saturated heterocycles. The van der Waals surface area contributed by atoms with Gasteiger partial charge in [-0.25, -0.2) is 4.68 Å². The Kier molecular flexibility index (Phi) is 4.27. The van der Waals surface area contributed by atoms with E-state index in [9.17, 15) is 13.2 Å². The largest absolute Gasteiger partial charge is 0.416 e. The molecule has 0 saturated carbocycles. The summed E-state index contributed by atoms with van der Waals surface area (Å²) in [6.45, 7) is 1.77. The minimum Gasteiger partial charge on any atom is -0.382 e. The summed E-state index contributed by atoms with van der Waals surface area (Å²) in [6, 6.07) is 3.38. The summed E-state index contributed by atoms with van der Waals surface area (Å²) in [6.07, 6.45) is -4.15. The summed E-state index contributed by atoms with van der Waals surface area (Å²) in [7, 11) is 0. The van der Waals surface area contributed by atoms with Crippen LogP contribution in [-0.4, -0.2) is 9.78 Å². The van der Waals surface area contributed by atoms with Gasteiger partial charge in [0, 0.05) is 0 Å². The molecular formula is C13H9Cl2F3N4. The van der Waals surface area contributed by atoms with Gasteiger partial charge in [0.15, 0.2) is 0 Å². The molecule has 1 aromatic heterocycles. The maximum absolute atomic E-state index is 12.7. The van der Waals surface area contributed by atoms with Crippen molar-refractivity contribution in [3.8, 4) is 11.8 Å². The van der Waals surface area contributed by atoms with Crippen molar-refractivity contribution in [2.24, 2.45) is 0 Å². The number of hydrogen-bond acceptors (Lipinski definition) is 3. The minimum atomic E-state index is -4.58. The molecular weight excluding hydrogens is 340 g/mol. The first kappa shape index (κ1) is 16.5. The lowest BCUT2D eigenvalue weighted by Gasteiger charge is -2.13. The van der Waals surface area contributed by atoms with Gasteiger partial charge in [-0.15, -0.1) is 0 Å². The average Bonchev–Trinajstić information content (AvgIpc) is 2.73.